The molecule has 0 radical (unpaired) electrons. The minimum Gasteiger partial charge on any atom is -0.384 e. The molecule has 2 aromatic carbocycles. The van der Waals surface area contributed by atoms with E-state index in [0.29, 0.717) is 6.04 Å². The van der Waals surface area contributed by atoms with Crippen LogP contribution in [0.15, 0.2) is 36.4 Å². The molecule has 0 amide bonds. The Labute approximate surface area is 125 Å². The molecular weight excluding hydrogens is 262 g/mol. The Morgan fingerprint density at radius 1 is 1.14 bits per heavy atom. The van der Waals surface area contributed by atoms with E-state index in [2.05, 4.69) is 24.1 Å². The molecule has 0 atom stereocenters. The van der Waals surface area contributed by atoms with Gasteiger partial charge in [-0.3, -0.25) is 5.41 Å². The smallest absolute Gasteiger partial charge is 0.123 e. The summed E-state index contributed by atoms with van der Waals surface area (Å²) < 4.78 is 5.45. The summed E-state index contributed by atoms with van der Waals surface area (Å²) in [6.07, 6.45) is 2.11. The number of nitrogen functional groups attached to an aromatic ring is 1. The van der Waals surface area contributed by atoms with Crippen molar-refractivity contribution >= 4 is 22.3 Å². The van der Waals surface area contributed by atoms with Crippen LogP contribution in [-0.4, -0.2) is 32.1 Å². The Morgan fingerprint density at radius 2 is 1.81 bits per heavy atom. The van der Waals surface area contributed by atoms with Crippen LogP contribution >= 0.6 is 0 Å². The van der Waals surface area contributed by atoms with E-state index in [1.54, 1.807) is 0 Å². The molecule has 4 nitrogen and oxygen atoms in total. The standard InChI is InChI=1S/C17H21N3O/c1-20(12-8-10-21-11-9-12)16-7-6-15(17(18)19)13-4-2-3-5-14(13)16/h2-7,12H,8-11H2,1H3,(H3,18,19). The first-order valence-electron chi connectivity index (χ1n) is 7.35. The predicted molar refractivity (Wildman–Crippen MR) is 87.2 cm³/mol. The molecular formula is C17H21N3O. The van der Waals surface area contributed by atoms with Crippen LogP contribution in [0.25, 0.3) is 10.8 Å². The highest BCUT2D eigenvalue weighted by Gasteiger charge is 2.20. The fourth-order valence-electron chi connectivity index (χ4n) is 3.09. The molecule has 1 heterocycles. The number of ether oxygens (including phenoxy) is 1. The van der Waals surface area contributed by atoms with Gasteiger partial charge in [-0.1, -0.05) is 24.3 Å². The molecule has 0 saturated carbocycles. The molecule has 21 heavy (non-hydrogen) atoms. The molecule has 0 aliphatic carbocycles. The van der Waals surface area contributed by atoms with Gasteiger partial charge < -0.3 is 15.4 Å². The molecule has 1 saturated heterocycles. The fourth-order valence-corrected chi connectivity index (χ4v) is 3.09. The highest BCUT2D eigenvalue weighted by molar-refractivity contribution is 6.10. The molecule has 1 fully saturated rings. The predicted octanol–water partition coefficient (Wildman–Crippen LogP) is 2.74. The minimum atomic E-state index is 0.117. The number of hydrogen-bond acceptors (Lipinski definition) is 3. The van der Waals surface area contributed by atoms with Gasteiger partial charge in [-0.05, 0) is 30.4 Å². The normalized spacial score (nSPS) is 16.0. The van der Waals surface area contributed by atoms with Gasteiger partial charge in [-0.15, -0.1) is 0 Å². The molecule has 1 aliphatic heterocycles. The number of amidine groups is 1. The van der Waals surface area contributed by atoms with Crippen LogP contribution in [0.2, 0.25) is 0 Å². The largest absolute Gasteiger partial charge is 0.384 e. The van der Waals surface area contributed by atoms with Crippen molar-refractivity contribution in [3.8, 4) is 0 Å². The number of anilines is 1. The molecule has 3 rings (SSSR count). The van der Waals surface area contributed by atoms with Gasteiger partial charge >= 0.3 is 0 Å². The SMILES string of the molecule is CN(c1ccc(C(=N)N)c2ccccc12)C1CCOCC1. The molecule has 4 heteroatoms. The summed E-state index contributed by atoms with van der Waals surface area (Å²) in [5.41, 5.74) is 7.70. The minimum absolute atomic E-state index is 0.117. The lowest BCUT2D eigenvalue weighted by Crippen LogP contribution is -2.36. The van der Waals surface area contributed by atoms with E-state index in [1.165, 1.54) is 5.69 Å². The lowest BCUT2D eigenvalue weighted by atomic mass is 9.99. The summed E-state index contributed by atoms with van der Waals surface area (Å²) in [4.78, 5) is 2.34. The summed E-state index contributed by atoms with van der Waals surface area (Å²) in [5, 5.41) is 9.93. The van der Waals surface area contributed by atoms with Gasteiger partial charge in [0.05, 0.1) is 0 Å². The lowest BCUT2D eigenvalue weighted by Gasteiger charge is -2.33. The number of fused-ring (bicyclic) bond motifs is 1. The highest BCUT2D eigenvalue weighted by Crippen LogP contribution is 2.31. The quantitative estimate of drug-likeness (QED) is 0.672. The molecule has 0 spiro atoms. The van der Waals surface area contributed by atoms with E-state index < -0.39 is 0 Å². The number of nitrogens with one attached hydrogen (secondary N) is 1. The Bertz CT molecular complexity index is 662. The third kappa shape index (κ3) is 2.59. The first-order valence-corrected chi connectivity index (χ1v) is 7.35. The number of benzene rings is 2. The summed E-state index contributed by atoms with van der Waals surface area (Å²) >= 11 is 0. The molecule has 0 unspecified atom stereocenters. The number of rotatable bonds is 3. The van der Waals surface area contributed by atoms with Crippen molar-refractivity contribution in [1.82, 2.24) is 0 Å². The van der Waals surface area contributed by atoms with E-state index in [4.69, 9.17) is 15.9 Å². The molecule has 1 aliphatic rings. The van der Waals surface area contributed by atoms with Crippen molar-refractivity contribution in [2.45, 2.75) is 18.9 Å². The Hall–Kier alpha value is -2.07. The summed E-state index contributed by atoms with van der Waals surface area (Å²) in [7, 11) is 2.14. The fraction of sp³-hybridized carbons (Fsp3) is 0.353. The van der Waals surface area contributed by atoms with Crippen molar-refractivity contribution in [1.29, 1.82) is 5.41 Å². The van der Waals surface area contributed by atoms with Crippen LogP contribution in [0.1, 0.15) is 18.4 Å². The topological polar surface area (TPSA) is 62.3 Å². The third-order valence-electron chi connectivity index (χ3n) is 4.31. The molecule has 110 valence electrons. The second-order valence-corrected chi connectivity index (χ2v) is 5.55. The maximum atomic E-state index is 7.74. The number of nitrogens with zero attached hydrogens (tertiary/aromatic N) is 1. The van der Waals surface area contributed by atoms with Gasteiger partial charge in [0.25, 0.3) is 0 Å². The van der Waals surface area contributed by atoms with Gasteiger partial charge in [-0.2, -0.15) is 0 Å². The highest BCUT2D eigenvalue weighted by atomic mass is 16.5. The molecule has 0 bridgehead atoms. The molecule has 3 N–H and O–H groups in total. The second-order valence-electron chi connectivity index (χ2n) is 5.55. The zero-order chi connectivity index (χ0) is 14.8. The van der Waals surface area contributed by atoms with Gasteiger partial charge in [0, 0.05) is 42.9 Å². The van der Waals surface area contributed by atoms with Crippen LogP contribution in [0, 0.1) is 5.41 Å². The summed E-state index contributed by atoms with van der Waals surface area (Å²) in [5.74, 6) is 0.117. The average molecular weight is 283 g/mol. The van der Waals surface area contributed by atoms with Crippen molar-refractivity contribution < 1.29 is 4.74 Å². The van der Waals surface area contributed by atoms with Crippen LogP contribution in [0.5, 0.6) is 0 Å². The first-order chi connectivity index (χ1) is 10.2. The average Bonchev–Trinajstić information content (AvgIpc) is 2.54. The monoisotopic (exact) mass is 283 g/mol. The first kappa shape index (κ1) is 13.9. The Balaban J connectivity index is 2.06. The van der Waals surface area contributed by atoms with Crippen molar-refractivity contribution in [2.24, 2.45) is 5.73 Å². The Kier molecular flexibility index (Phi) is 3.80. The van der Waals surface area contributed by atoms with Crippen LogP contribution in [0.4, 0.5) is 5.69 Å². The van der Waals surface area contributed by atoms with E-state index >= 15 is 0 Å². The maximum absolute atomic E-state index is 7.74. The zero-order valence-corrected chi connectivity index (χ0v) is 12.3. The van der Waals surface area contributed by atoms with Crippen molar-refractivity contribution in [3.05, 3.63) is 42.0 Å². The van der Waals surface area contributed by atoms with E-state index in [0.717, 1.165) is 42.4 Å². The number of nitrogens with two attached hydrogens (primary N) is 1. The van der Waals surface area contributed by atoms with Crippen molar-refractivity contribution in [2.75, 3.05) is 25.2 Å². The van der Waals surface area contributed by atoms with Crippen LogP contribution in [0.3, 0.4) is 0 Å². The summed E-state index contributed by atoms with van der Waals surface area (Å²) in [6, 6.07) is 12.7. The van der Waals surface area contributed by atoms with E-state index in [-0.39, 0.29) is 5.84 Å². The van der Waals surface area contributed by atoms with Gasteiger partial charge in [0.2, 0.25) is 0 Å². The van der Waals surface area contributed by atoms with E-state index in [9.17, 15) is 0 Å². The van der Waals surface area contributed by atoms with Gasteiger partial charge in [0.15, 0.2) is 0 Å². The van der Waals surface area contributed by atoms with Gasteiger partial charge in [0.1, 0.15) is 5.84 Å². The molecule has 2 aromatic rings. The van der Waals surface area contributed by atoms with Crippen molar-refractivity contribution in [3.63, 3.8) is 0 Å². The molecule has 0 aromatic heterocycles. The van der Waals surface area contributed by atoms with Crippen LogP contribution < -0.4 is 10.6 Å². The maximum Gasteiger partial charge on any atom is 0.123 e. The second kappa shape index (κ2) is 5.74. The summed E-state index contributed by atoms with van der Waals surface area (Å²) in [6.45, 7) is 1.66. The third-order valence-corrected chi connectivity index (χ3v) is 4.31. The lowest BCUT2D eigenvalue weighted by molar-refractivity contribution is 0.0855. The zero-order valence-electron chi connectivity index (χ0n) is 12.3. The number of hydrogen-bond donors (Lipinski definition) is 2. The van der Waals surface area contributed by atoms with Crippen LogP contribution in [-0.2, 0) is 4.74 Å². The Morgan fingerprint density at radius 3 is 2.48 bits per heavy atom. The van der Waals surface area contributed by atoms with Gasteiger partial charge in [-0.25, -0.2) is 0 Å². The van der Waals surface area contributed by atoms with E-state index in [1.807, 2.05) is 24.3 Å².